The van der Waals surface area contributed by atoms with E-state index in [1.54, 1.807) is 0 Å². The van der Waals surface area contributed by atoms with E-state index in [4.69, 9.17) is 5.73 Å². The lowest BCUT2D eigenvalue weighted by atomic mass is 10.1. The molecule has 0 spiro atoms. The van der Waals surface area contributed by atoms with Gasteiger partial charge in [0.2, 0.25) is 0 Å². The van der Waals surface area contributed by atoms with E-state index in [0.717, 1.165) is 23.1 Å². The molecule has 0 radical (unpaired) electrons. The van der Waals surface area contributed by atoms with Gasteiger partial charge in [-0.3, -0.25) is 4.79 Å². The van der Waals surface area contributed by atoms with Crippen molar-refractivity contribution in [3.05, 3.63) is 71.3 Å². The van der Waals surface area contributed by atoms with Gasteiger partial charge in [0.1, 0.15) is 0 Å². The Morgan fingerprint density at radius 3 is 2.52 bits per heavy atom. The molecule has 0 bridgehead atoms. The Labute approximate surface area is 126 Å². The van der Waals surface area contributed by atoms with Crippen LogP contribution in [-0.4, -0.2) is 23.9 Å². The van der Waals surface area contributed by atoms with Gasteiger partial charge in [0.15, 0.2) is 0 Å². The van der Waals surface area contributed by atoms with Crippen LogP contribution in [0.4, 0.5) is 0 Å². The van der Waals surface area contributed by atoms with E-state index in [1.807, 2.05) is 66.4 Å². The molecule has 2 rings (SSSR count). The molecule has 0 saturated carbocycles. The molecular weight excluding hydrogens is 260 g/mol. The van der Waals surface area contributed by atoms with Gasteiger partial charge in [-0.2, -0.15) is 0 Å². The van der Waals surface area contributed by atoms with E-state index in [2.05, 4.69) is 0 Å². The Balaban J connectivity index is 2.17. The third-order valence-electron chi connectivity index (χ3n) is 3.40. The average molecular weight is 282 g/mol. The lowest BCUT2D eigenvalue weighted by Gasteiger charge is -2.23. The first-order valence-corrected chi connectivity index (χ1v) is 7.30. The molecule has 110 valence electrons. The zero-order valence-electron chi connectivity index (χ0n) is 12.5. The normalized spacial score (nSPS) is 10.4. The summed E-state index contributed by atoms with van der Waals surface area (Å²) in [6.45, 7) is 3.89. The maximum absolute atomic E-state index is 12.7. The van der Waals surface area contributed by atoms with E-state index < -0.39 is 0 Å². The smallest absolute Gasteiger partial charge is 0.254 e. The SMILES string of the molecule is Cc1cccc(C(=O)N(CCCN)Cc2ccccc2)c1. The van der Waals surface area contributed by atoms with Crippen LogP contribution in [-0.2, 0) is 6.54 Å². The van der Waals surface area contributed by atoms with Crippen molar-refractivity contribution in [2.24, 2.45) is 5.73 Å². The Morgan fingerprint density at radius 2 is 1.86 bits per heavy atom. The number of nitrogens with two attached hydrogens (primary N) is 1. The van der Waals surface area contributed by atoms with E-state index >= 15 is 0 Å². The van der Waals surface area contributed by atoms with E-state index in [9.17, 15) is 4.79 Å². The summed E-state index contributed by atoms with van der Waals surface area (Å²) < 4.78 is 0. The van der Waals surface area contributed by atoms with Gasteiger partial charge in [-0.15, -0.1) is 0 Å². The second kappa shape index (κ2) is 7.60. The molecule has 0 unspecified atom stereocenters. The quantitative estimate of drug-likeness (QED) is 0.885. The van der Waals surface area contributed by atoms with Gasteiger partial charge < -0.3 is 10.6 Å². The summed E-state index contributed by atoms with van der Waals surface area (Å²) in [5.74, 6) is 0.0657. The summed E-state index contributed by atoms with van der Waals surface area (Å²) in [6, 6.07) is 17.8. The van der Waals surface area contributed by atoms with Gasteiger partial charge >= 0.3 is 0 Å². The number of carbonyl (C=O) groups excluding carboxylic acids is 1. The fourth-order valence-corrected chi connectivity index (χ4v) is 2.30. The molecule has 21 heavy (non-hydrogen) atoms. The number of nitrogens with zero attached hydrogens (tertiary/aromatic N) is 1. The summed E-state index contributed by atoms with van der Waals surface area (Å²) in [5.41, 5.74) is 8.57. The van der Waals surface area contributed by atoms with E-state index in [-0.39, 0.29) is 5.91 Å². The van der Waals surface area contributed by atoms with Crippen molar-refractivity contribution in [2.45, 2.75) is 19.9 Å². The zero-order chi connectivity index (χ0) is 15.1. The molecule has 0 aliphatic heterocycles. The molecule has 0 heterocycles. The summed E-state index contributed by atoms with van der Waals surface area (Å²) in [4.78, 5) is 14.6. The predicted octanol–water partition coefficient (Wildman–Crippen LogP) is 2.99. The fraction of sp³-hybridized carbons (Fsp3) is 0.278. The van der Waals surface area contributed by atoms with Gasteiger partial charge in [-0.1, -0.05) is 48.0 Å². The molecule has 3 heteroatoms. The van der Waals surface area contributed by atoms with Crippen molar-refractivity contribution in [1.82, 2.24) is 4.90 Å². The monoisotopic (exact) mass is 282 g/mol. The van der Waals surface area contributed by atoms with Gasteiger partial charge in [-0.25, -0.2) is 0 Å². The highest BCUT2D eigenvalue weighted by Gasteiger charge is 2.15. The molecule has 0 atom stereocenters. The van der Waals surface area contributed by atoms with E-state index in [0.29, 0.717) is 19.6 Å². The molecule has 0 saturated heterocycles. The number of amides is 1. The highest BCUT2D eigenvalue weighted by molar-refractivity contribution is 5.94. The van der Waals surface area contributed by atoms with Gasteiger partial charge in [0.05, 0.1) is 0 Å². The van der Waals surface area contributed by atoms with Crippen LogP contribution in [0.3, 0.4) is 0 Å². The Kier molecular flexibility index (Phi) is 5.52. The number of aryl methyl sites for hydroxylation is 1. The van der Waals surface area contributed by atoms with Crippen molar-refractivity contribution in [1.29, 1.82) is 0 Å². The summed E-state index contributed by atoms with van der Waals surface area (Å²) in [5, 5.41) is 0. The largest absolute Gasteiger partial charge is 0.334 e. The fourth-order valence-electron chi connectivity index (χ4n) is 2.30. The third kappa shape index (κ3) is 4.43. The maximum Gasteiger partial charge on any atom is 0.254 e. The van der Waals surface area contributed by atoms with Crippen LogP contribution in [0.1, 0.15) is 27.9 Å². The summed E-state index contributed by atoms with van der Waals surface area (Å²) in [6.07, 6.45) is 0.810. The molecule has 3 nitrogen and oxygen atoms in total. The van der Waals surface area contributed by atoms with E-state index in [1.165, 1.54) is 0 Å². The van der Waals surface area contributed by atoms with Gasteiger partial charge in [-0.05, 0) is 37.6 Å². The standard InChI is InChI=1S/C18H22N2O/c1-15-7-5-10-17(13-15)18(21)20(12-6-11-19)14-16-8-3-2-4-9-16/h2-5,7-10,13H,6,11-12,14,19H2,1H3. The highest BCUT2D eigenvalue weighted by atomic mass is 16.2. The highest BCUT2D eigenvalue weighted by Crippen LogP contribution is 2.12. The van der Waals surface area contributed by atoms with Crippen molar-refractivity contribution >= 4 is 5.91 Å². The molecule has 2 aromatic rings. The number of hydrogen-bond donors (Lipinski definition) is 1. The minimum absolute atomic E-state index is 0.0657. The lowest BCUT2D eigenvalue weighted by molar-refractivity contribution is 0.0742. The van der Waals surface area contributed by atoms with Crippen LogP contribution >= 0.6 is 0 Å². The molecule has 2 N–H and O–H groups in total. The summed E-state index contributed by atoms with van der Waals surface area (Å²) in [7, 11) is 0. The third-order valence-corrected chi connectivity index (χ3v) is 3.40. The van der Waals surface area contributed by atoms with Gasteiger partial charge in [0.25, 0.3) is 5.91 Å². The number of rotatable bonds is 6. The molecule has 0 aliphatic rings. The molecule has 1 amide bonds. The minimum Gasteiger partial charge on any atom is -0.334 e. The van der Waals surface area contributed by atoms with Crippen molar-refractivity contribution < 1.29 is 4.79 Å². The van der Waals surface area contributed by atoms with Crippen LogP contribution in [0, 0.1) is 6.92 Å². The molecular formula is C18H22N2O. The average Bonchev–Trinajstić information content (AvgIpc) is 2.51. The van der Waals surface area contributed by atoms with Crippen LogP contribution in [0.15, 0.2) is 54.6 Å². The van der Waals surface area contributed by atoms with Crippen LogP contribution in [0.25, 0.3) is 0 Å². The van der Waals surface area contributed by atoms with Crippen LogP contribution in [0.2, 0.25) is 0 Å². The van der Waals surface area contributed by atoms with Crippen LogP contribution < -0.4 is 5.73 Å². The maximum atomic E-state index is 12.7. The second-order valence-electron chi connectivity index (χ2n) is 5.22. The van der Waals surface area contributed by atoms with Crippen molar-refractivity contribution in [2.75, 3.05) is 13.1 Å². The number of hydrogen-bond acceptors (Lipinski definition) is 2. The summed E-state index contributed by atoms with van der Waals surface area (Å²) >= 11 is 0. The van der Waals surface area contributed by atoms with Crippen molar-refractivity contribution in [3.8, 4) is 0 Å². The first kappa shape index (κ1) is 15.3. The molecule has 2 aromatic carbocycles. The first-order valence-electron chi connectivity index (χ1n) is 7.30. The minimum atomic E-state index is 0.0657. The Bertz CT molecular complexity index is 581. The Hall–Kier alpha value is -2.13. The predicted molar refractivity (Wildman–Crippen MR) is 86.0 cm³/mol. The molecule has 0 aliphatic carbocycles. The lowest BCUT2D eigenvalue weighted by Crippen LogP contribution is -2.32. The second-order valence-corrected chi connectivity index (χ2v) is 5.22. The zero-order valence-corrected chi connectivity index (χ0v) is 12.5. The first-order chi connectivity index (χ1) is 10.2. The molecule has 0 aromatic heterocycles. The van der Waals surface area contributed by atoms with Crippen LogP contribution in [0.5, 0.6) is 0 Å². The topological polar surface area (TPSA) is 46.3 Å². The molecule has 0 fully saturated rings. The Morgan fingerprint density at radius 1 is 1.10 bits per heavy atom. The van der Waals surface area contributed by atoms with Gasteiger partial charge in [0, 0.05) is 18.7 Å². The number of benzene rings is 2. The van der Waals surface area contributed by atoms with Crippen molar-refractivity contribution in [3.63, 3.8) is 0 Å². The number of carbonyl (C=O) groups is 1.